The van der Waals surface area contributed by atoms with Crippen LogP contribution in [0.25, 0.3) is 0 Å². The summed E-state index contributed by atoms with van der Waals surface area (Å²) in [6.45, 7) is 0. The number of rotatable bonds is 2. The summed E-state index contributed by atoms with van der Waals surface area (Å²) in [5.74, 6) is 0. The quantitative estimate of drug-likeness (QED) is 0.305. The molecule has 1 radical (unpaired) electrons. The molecule has 0 rings (SSSR count). The van der Waals surface area contributed by atoms with Crippen LogP contribution >= 0.6 is 0 Å². The first-order valence-corrected chi connectivity index (χ1v) is 1.14. The van der Waals surface area contributed by atoms with Crippen molar-refractivity contribution in [3.8, 4) is 0 Å². The summed E-state index contributed by atoms with van der Waals surface area (Å²) in [5, 5.41) is 0.889. The zero-order valence-corrected chi connectivity index (χ0v) is 5.55. The van der Waals surface area contributed by atoms with Gasteiger partial charge in [-0.05, 0) is 0 Å². The van der Waals surface area contributed by atoms with E-state index in [1.54, 1.807) is 0 Å². The average Bonchev–Trinajstić information content (AvgIpc) is 1.41. The van der Waals surface area contributed by atoms with E-state index in [4.69, 9.17) is 9.59 Å². The second-order valence-corrected chi connectivity index (χ2v) is 0.465. The molecule has 0 aromatic heterocycles. The van der Waals surface area contributed by atoms with Crippen molar-refractivity contribution in [2.75, 3.05) is 0 Å². The Labute approximate surface area is 57.4 Å². The minimum absolute atomic E-state index is 0. The maximum atomic E-state index is 9.12. The predicted molar refractivity (Wildman–Crippen MR) is 19.8 cm³/mol. The van der Waals surface area contributed by atoms with Crippen LogP contribution in [0.1, 0.15) is 0 Å². The summed E-state index contributed by atoms with van der Waals surface area (Å²) in [6.07, 6.45) is 0.875. The van der Waals surface area contributed by atoms with Crippen LogP contribution in [0, 0.1) is 0 Å². The number of imide groups is 1. The van der Waals surface area contributed by atoms with Crippen molar-refractivity contribution >= 4 is 42.4 Å². The van der Waals surface area contributed by atoms with Crippen molar-refractivity contribution in [1.29, 1.82) is 0 Å². The Morgan fingerprint density at radius 3 is 1.50 bits per heavy atom. The molecule has 6 heavy (non-hydrogen) atoms. The van der Waals surface area contributed by atoms with E-state index in [-0.39, 0.29) is 29.6 Å². The van der Waals surface area contributed by atoms with Gasteiger partial charge in [-0.3, -0.25) is 0 Å². The Hall–Kier alpha value is 0.300. The number of hydrogen-bond donors (Lipinski definition) is 1. The van der Waals surface area contributed by atoms with Gasteiger partial charge in [0.15, 0.2) is 0 Å². The number of amides is 2. The fraction of sp³-hybridized carbons (Fsp3) is 0. The van der Waals surface area contributed by atoms with Gasteiger partial charge in [-0.25, -0.2) is 14.9 Å². The number of primary amides is 2. The van der Waals surface area contributed by atoms with Crippen molar-refractivity contribution in [2.45, 2.75) is 0 Å². The minimum Gasteiger partial charge on any atom is -0.234 e. The van der Waals surface area contributed by atoms with Crippen LogP contribution in [0.15, 0.2) is 0 Å². The van der Waals surface area contributed by atoms with Crippen LogP contribution in [0.5, 0.6) is 0 Å². The maximum absolute atomic E-state index is 9.12. The minimum atomic E-state index is 0. The molecule has 0 fully saturated rings. The van der Waals surface area contributed by atoms with Crippen LogP contribution in [0.4, 0.5) is 0 Å². The van der Waals surface area contributed by atoms with Crippen LogP contribution in [-0.4, -0.2) is 42.4 Å². The number of nitrogens with two attached hydrogens (primary N) is 1. The van der Waals surface area contributed by atoms with Crippen LogP contribution < -0.4 is 5.32 Å². The molecule has 0 aliphatic rings. The summed E-state index contributed by atoms with van der Waals surface area (Å²) < 4.78 is 0. The molecule has 0 aliphatic carbocycles. The van der Waals surface area contributed by atoms with Gasteiger partial charge in [0.05, 0.1) is 0 Å². The van der Waals surface area contributed by atoms with E-state index in [1.807, 2.05) is 0 Å². The van der Waals surface area contributed by atoms with Gasteiger partial charge in [0.1, 0.15) is 0 Å². The first-order valence-electron chi connectivity index (χ1n) is 1.14. The normalized spacial score (nSPS) is 5.33. The third-order valence-corrected chi connectivity index (χ3v) is 0.157. The topological polar surface area (TPSA) is 50.8 Å². The van der Waals surface area contributed by atoms with Gasteiger partial charge in [-0.1, -0.05) is 0 Å². The van der Waals surface area contributed by atoms with Crippen LogP contribution in [0.3, 0.4) is 0 Å². The number of carbonyl (C=O) groups is 2. The Bertz CT molecular complexity index is 40.8. The standard InChI is InChI=1S/C2H3NO2.Na/c4-1-3-2-5;/h1-2H,(H,3,4,5);/p+1. The van der Waals surface area contributed by atoms with Crippen molar-refractivity contribution in [2.24, 2.45) is 0 Å². The van der Waals surface area contributed by atoms with Gasteiger partial charge in [0.25, 0.3) is 0 Å². The second kappa shape index (κ2) is 9.00. The van der Waals surface area contributed by atoms with E-state index in [2.05, 4.69) is 0 Å². The van der Waals surface area contributed by atoms with Crippen molar-refractivity contribution in [3.63, 3.8) is 0 Å². The maximum Gasteiger partial charge on any atom is 0.305 e. The van der Waals surface area contributed by atoms with Crippen molar-refractivity contribution in [3.05, 3.63) is 0 Å². The molecule has 0 saturated carbocycles. The third kappa shape index (κ3) is 8.85. The zero-order valence-electron chi connectivity index (χ0n) is 3.55. The van der Waals surface area contributed by atoms with Gasteiger partial charge in [0.2, 0.25) is 0 Å². The Kier molecular flexibility index (Phi) is 14.4. The molecule has 0 saturated heterocycles. The van der Waals surface area contributed by atoms with Gasteiger partial charge in [-0.15, -0.1) is 0 Å². The zero-order chi connectivity index (χ0) is 4.12. The van der Waals surface area contributed by atoms with E-state index in [1.165, 1.54) is 0 Å². The fourth-order valence-corrected chi connectivity index (χ4v) is 0.0321. The summed E-state index contributed by atoms with van der Waals surface area (Å²) in [5.41, 5.74) is 0. The molecule has 0 bridgehead atoms. The molecule has 3 nitrogen and oxygen atoms in total. The van der Waals surface area contributed by atoms with E-state index in [0.717, 1.165) is 5.32 Å². The van der Waals surface area contributed by atoms with E-state index in [9.17, 15) is 0 Å². The monoisotopic (exact) mass is 97.0 g/mol. The molecule has 0 heterocycles. The molecule has 0 spiro atoms. The molecule has 0 atom stereocenters. The smallest absolute Gasteiger partial charge is 0.234 e. The SMILES string of the molecule is O=C[NH2+]C=O.[Na]. The Morgan fingerprint density at radius 2 is 1.50 bits per heavy atom. The van der Waals surface area contributed by atoms with Crippen LogP contribution in [0.2, 0.25) is 0 Å². The van der Waals surface area contributed by atoms with E-state index >= 15 is 0 Å². The largest absolute Gasteiger partial charge is 0.305 e. The first-order chi connectivity index (χ1) is 2.41. The van der Waals surface area contributed by atoms with Crippen LogP contribution in [-0.2, 0) is 9.59 Å². The fourth-order valence-electron chi connectivity index (χ4n) is 0.0321. The van der Waals surface area contributed by atoms with Crippen molar-refractivity contribution in [1.82, 2.24) is 0 Å². The molecule has 0 aromatic rings. The number of quaternary nitrogens is 1. The molecule has 29 valence electrons. The Morgan fingerprint density at radius 1 is 1.17 bits per heavy atom. The van der Waals surface area contributed by atoms with Gasteiger partial charge < -0.3 is 0 Å². The molecular weight excluding hydrogens is 93.0 g/mol. The molecule has 4 heteroatoms. The van der Waals surface area contributed by atoms with E-state index < -0.39 is 0 Å². The van der Waals surface area contributed by atoms with E-state index in [0.29, 0.717) is 12.8 Å². The summed E-state index contributed by atoms with van der Waals surface area (Å²) in [4.78, 5) is 18.2. The number of carbonyl (C=O) groups excluding carboxylic acids is 2. The third-order valence-electron chi connectivity index (χ3n) is 0.157. The van der Waals surface area contributed by atoms with Crippen molar-refractivity contribution < 1.29 is 14.9 Å². The molecule has 2 amide bonds. The summed E-state index contributed by atoms with van der Waals surface area (Å²) in [7, 11) is 0. The number of hydrogen-bond acceptors (Lipinski definition) is 2. The summed E-state index contributed by atoms with van der Waals surface area (Å²) >= 11 is 0. The first kappa shape index (κ1) is 9.57. The van der Waals surface area contributed by atoms with Gasteiger partial charge >= 0.3 is 12.8 Å². The average molecular weight is 97.0 g/mol. The summed E-state index contributed by atoms with van der Waals surface area (Å²) in [6, 6.07) is 0. The molecule has 2 N–H and O–H groups in total. The molecule has 0 aliphatic heterocycles. The molecular formula is C2H4NNaO2+. The second-order valence-electron chi connectivity index (χ2n) is 0.465. The van der Waals surface area contributed by atoms with Gasteiger partial charge in [0, 0.05) is 29.6 Å². The van der Waals surface area contributed by atoms with Gasteiger partial charge in [-0.2, -0.15) is 0 Å². The Balaban J connectivity index is 0. The molecule has 0 aromatic carbocycles. The predicted octanol–water partition coefficient (Wildman–Crippen LogP) is -2.52. The molecule has 0 unspecified atom stereocenters.